The summed E-state index contributed by atoms with van der Waals surface area (Å²) in [6.45, 7) is 1.44. The van der Waals surface area contributed by atoms with Crippen molar-refractivity contribution >= 4 is 17.7 Å². The van der Waals surface area contributed by atoms with Gasteiger partial charge in [-0.25, -0.2) is 4.79 Å². The van der Waals surface area contributed by atoms with Gasteiger partial charge in [0.2, 0.25) is 0 Å². The van der Waals surface area contributed by atoms with Gasteiger partial charge in [-0.05, 0) is 23.8 Å². The Bertz CT molecular complexity index is 704. The summed E-state index contributed by atoms with van der Waals surface area (Å²) in [5.41, 5.74) is 1.98. The first-order valence-electron chi connectivity index (χ1n) is 7.71. The second kappa shape index (κ2) is 7.55. The Morgan fingerprint density at radius 1 is 1.25 bits per heavy atom. The monoisotopic (exact) mass is 347 g/mol. The zero-order valence-corrected chi connectivity index (χ0v) is 13.8. The van der Waals surface area contributed by atoms with Crippen molar-refractivity contribution in [1.29, 1.82) is 0 Å². The number of halogens is 1. The van der Waals surface area contributed by atoms with Crippen LogP contribution >= 0.6 is 11.6 Å². The van der Waals surface area contributed by atoms with Crippen LogP contribution in [0.4, 0.5) is 4.79 Å². The largest absolute Gasteiger partial charge is 0.491 e. The molecule has 0 bridgehead atoms. The number of hydrogen-bond acceptors (Lipinski definition) is 3. The van der Waals surface area contributed by atoms with Crippen molar-refractivity contribution in [1.82, 2.24) is 4.90 Å². The van der Waals surface area contributed by atoms with Crippen molar-refractivity contribution in [3.8, 4) is 16.9 Å². The minimum atomic E-state index is -0.924. The van der Waals surface area contributed by atoms with Gasteiger partial charge in [0.1, 0.15) is 18.5 Å². The van der Waals surface area contributed by atoms with E-state index >= 15 is 0 Å². The first-order valence-corrected chi connectivity index (χ1v) is 8.08. The van der Waals surface area contributed by atoms with Crippen LogP contribution < -0.4 is 4.74 Å². The normalized spacial score (nSPS) is 17.5. The Morgan fingerprint density at radius 2 is 2.00 bits per heavy atom. The van der Waals surface area contributed by atoms with E-state index in [2.05, 4.69) is 0 Å². The molecule has 5 nitrogen and oxygen atoms in total. The molecule has 2 aromatic rings. The van der Waals surface area contributed by atoms with Crippen LogP contribution in [0.3, 0.4) is 0 Å². The lowest BCUT2D eigenvalue weighted by atomic mass is 10.1. The molecular weight excluding hydrogens is 330 g/mol. The van der Waals surface area contributed by atoms with E-state index in [-0.39, 0.29) is 6.10 Å². The molecule has 24 heavy (non-hydrogen) atoms. The Balaban J connectivity index is 1.59. The Morgan fingerprint density at radius 3 is 2.71 bits per heavy atom. The molecule has 0 spiro atoms. The van der Waals surface area contributed by atoms with Crippen molar-refractivity contribution in [2.75, 3.05) is 26.3 Å². The first-order chi connectivity index (χ1) is 11.6. The molecule has 1 aliphatic heterocycles. The minimum absolute atomic E-state index is 0.252. The highest BCUT2D eigenvalue weighted by molar-refractivity contribution is 6.33. The zero-order chi connectivity index (χ0) is 16.9. The molecule has 1 heterocycles. The summed E-state index contributed by atoms with van der Waals surface area (Å²) in [5.74, 6) is 0.710. The van der Waals surface area contributed by atoms with Gasteiger partial charge in [0.25, 0.3) is 0 Å². The number of ether oxygens (including phenoxy) is 2. The topological polar surface area (TPSA) is 59.0 Å². The number of carboxylic acid groups (broad SMARTS) is 1. The van der Waals surface area contributed by atoms with E-state index in [1.807, 2.05) is 48.5 Å². The molecule has 126 valence electrons. The Labute approximate surface area is 145 Å². The van der Waals surface area contributed by atoms with E-state index in [1.54, 1.807) is 0 Å². The number of carbonyl (C=O) groups is 1. The zero-order valence-electron chi connectivity index (χ0n) is 13.0. The molecule has 1 saturated heterocycles. The van der Waals surface area contributed by atoms with Gasteiger partial charge >= 0.3 is 6.09 Å². The van der Waals surface area contributed by atoms with Crippen LogP contribution in [0.5, 0.6) is 5.75 Å². The van der Waals surface area contributed by atoms with Gasteiger partial charge in [0.15, 0.2) is 0 Å². The van der Waals surface area contributed by atoms with Crippen molar-refractivity contribution in [3.63, 3.8) is 0 Å². The van der Waals surface area contributed by atoms with Crippen LogP contribution in [0.2, 0.25) is 5.02 Å². The fourth-order valence-corrected chi connectivity index (χ4v) is 2.85. The summed E-state index contributed by atoms with van der Waals surface area (Å²) in [5, 5.41) is 9.73. The third kappa shape index (κ3) is 3.99. The van der Waals surface area contributed by atoms with Gasteiger partial charge in [-0.2, -0.15) is 0 Å². The third-order valence-electron chi connectivity index (χ3n) is 3.88. The van der Waals surface area contributed by atoms with Gasteiger partial charge < -0.3 is 19.5 Å². The molecule has 3 rings (SSSR count). The maximum absolute atomic E-state index is 11.0. The van der Waals surface area contributed by atoms with E-state index in [0.29, 0.717) is 37.1 Å². The van der Waals surface area contributed by atoms with Crippen molar-refractivity contribution in [3.05, 3.63) is 53.6 Å². The lowest BCUT2D eigenvalue weighted by Crippen LogP contribution is -2.47. The van der Waals surface area contributed by atoms with Gasteiger partial charge in [0, 0.05) is 17.1 Å². The van der Waals surface area contributed by atoms with Crippen LogP contribution in [0.1, 0.15) is 0 Å². The van der Waals surface area contributed by atoms with E-state index in [9.17, 15) is 4.79 Å². The molecule has 1 fully saturated rings. The van der Waals surface area contributed by atoms with Crippen LogP contribution in [0.15, 0.2) is 48.5 Å². The molecule has 0 aromatic heterocycles. The molecule has 1 amide bonds. The first kappa shape index (κ1) is 16.6. The SMILES string of the molecule is O=C(O)N1CCOC(COc2ccc(-c3ccccc3Cl)cc2)C1. The summed E-state index contributed by atoms with van der Waals surface area (Å²) in [7, 11) is 0. The van der Waals surface area contributed by atoms with E-state index in [0.717, 1.165) is 11.1 Å². The van der Waals surface area contributed by atoms with E-state index < -0.39 is 6.09 Å². The van der Waals surface area contributed by atoms with Crippen molar-refractivity contribution in [2.45, 2.75) is 6.10 Å². The fraction of sp³-hybridized carbons (Fsp3) is 0.278. The highest BCUT2D eigenvalue weighted by Crippen LogP contribution is 2.28. The number of benzene rings is 2. The molecule has 0 saturated carbocycles. The van der Waals surface area contributed by atoms with Crippen LogP contribution in [-0.2, 0) is 4.74 Å². The minimum Gasteiger partial charge on any atom is -0.491 e. The highest BCUT2D eigenvalue weighted by atomic mass is 35.5. The van der Waals surface area contributed by atoms with Crippen LogP contribution in [0, 0.1) is 0 Å². The molecule has 1 atom stereocenters. The standard InChI is InChI=1S/C18H18ClNO4/c19-17-4-2-1-3-16(17)13-5-7-14(8-6-13)24-12-15-11-20(18(21)22)9-10-23-15/h1-8,15H,9-12H2,(H,21,22). The van der Waals surface area contributed by atoms with Gasteiger partial charge in [0.05, 0.1) is 13.2 Å². The van der Waals surface area contributed by atoms with E-state index in [1.165, 1.54) is 4.90 Å². The summed E-state index contributed by atoms with van der Waals surface area (Å²) in [6.07, 6.45) is -1.18. The molecular formula is C18H18ClNO4. The summed E-state index contributed by atoms with van der Waals surface area (Å²) in [6, 6.07) is 15.3. The van der Waals surface area contributed by atoms with Crippen molar-refractivity contribution < 1.29 is 19.4 Å². The van der Waals surface area contributed by atoms with Gasteiger partial charge in [-0.1, -0.05) is 41.9 Å². The quantitative estimate of drug-likeness (QED) is 0.914. The number of rotatable bonds is 4. The number of morpholine rings is 1. The predicted molar refractivity (Wildman–Crippen MR) is 91.7 cm³/mol. The fourth-order valence-electron chi connectivity index (χ4n) is 2.61. The molecule has 2 aromatic carbocycles. The Hall–Kier alpha value is -2.24. The molecule has 6 heteroatoms. The number of amides is 1. The van der Waals surface area contributed by atoms with Crippen LogP contribution in [-0.4, -0.2) is 48.5 Å². The van der Waals surface area contributed by atoms with Gasteiger partial charge in [-0.15, -0.1) is 0 Å². The average molecular weight is 348 g/mol. The number of hydrogen-bond donors (Lipinski definition) is 1. The summed E-state index contributed by atoms with van der Waals surface area (Å²) < 4.78 is 11.3. The predicted octanol–water partition coefficient (Wildman–Crippen LogP) is 3.76. The molecule has 1 aliphatic rings. The smallest absolute Gasteiger partial charge is 0.407 e. The second-order valence-electron chi connectivity index (χ2n) is 5.54. The average Bonchev–Trinajstić information content (AvgIpc) is 2.61. The second-order valence-corrected chi connectivity index (χ2v) is 5.94. The van der Waals surface area contributed by atoms with Gasteiger partial charge in [-0.3, -0.25) is 0 Å². The Kier molecular flexibility index (Phi) is 5.23. The van der Waals surface area contributed by atoms with Crippen molar-refractivity contribution in [2.24, 2.45) is 0 Å². The molecule has 0 radical (unpaired) electrons. The van der Waals surface area contributed by atoms with E-state index in [4.69, 9.17) is 26.2 Å². The number of nitrogens with zero attached hydrogens (tertiary/aromatic N) is 1. The molecule has 1 N–H and O–H groups in total. The molecule has 1 unspecified atom stereocenters. The molecule has 0 aliphatic carbocycles. The highest BCUT2D eigenvalue weighted by Gasteiger charge is 2.24. The summed E-state index contributed by atoms with van der Waals surface area (Å²) in [4.78, 5) is 12.3. The lowest BCUT2D eigenvalue weighted by molar-refractivity contribution is -0.0412. The summed E-state index contributed by atoms with van der Waals surface area (Å²) >= 11 is 6.20. The van der Waals surface area contributed by atoms with Crippen LogP contribution in [0.25, 0.3) is 11.1 Å². The lowest BCUT2D eigenvalue weighted by Gasteiger charge is -2.30. The maximum atomic E-state index is 11.0. The third-order valence-corrected chi connectivity index (χ3v) is 4.21. The maximum Gasteiger partial charge on any atom is 0.407 e.